The molecule has 5 heteroatoms. The highest BCUT2D eigenvalue weighted by molar-refractivity contribution is 5.95. The fourth-order valence-corrected chi connectivity index (χ4v) is 2.73. The first-order valence-corrected chi connectivity index (χ1v) is 6.92. The van der Waals surface area contributed by atoms with Crippen molar-refractivity contribution < 1.29 is 14.3 Å². The number of benzene rings is 1. The Morgan fingerprint density at radius 3 is 2.65 bits per heavy atom. The molecule has 0 saturated heterocycles. The van der Waals surface area contributed by atoms with Crippen LogP contribution in [0.3, 0.4) is 0 Å². The lowest BCUT2D eigenvalue weighted by Crippen LogP contribution is -2.45. The molecule has 0 aromatic heterocycles. The van der Waals surface area contributed by atoms with E-state index in [1.54, 1.807) is 0 Å². The number of carbonyl (C=O) groups is 2. The highest BCUT2D eigenvalue weighted by atomic mass is 16.5. The summed E-state index contributed by atoms with van der Waals surface area (Å²) in [7, 11) is 1.34. The summed E-state index contributed by atoms with van der Waals surface area (Å²) >= 11 is 0. The van der Waals surface area contributed by atoms with Gasteiger partial charge in [0, 0.05) is 5.69 Å². The molecule has 1 fully saturated rings. The van der Waals surface area contributed by atoms with Gasteiger partial charge in [-0.05, 0) is 55.4 Å². The number of rotatable bonds is 3. The quantitative estimate of drug-likeness (QED) is 0.828. The Kier molecular flexibility index (Phi) is 3.12. The van der Waals surface area contributed by atoms with Crippen LogP contribution >= 0.6 is 0 Å². The number of nitrogens with one attached hydrogen (secondary N) is 2. The Morgan fingerprint density at radius 1 is 1.20 bits per heavy atom. The molecule has 1 saturated carbocycles. The van der Waals surface area contributed by atoms with Gasteiger partial charge in [-0.2, -0.15) is 0 Å². The van der Waals surface area contributed by atoms with Crippen LogP contribution in [0.15, 0.2) is 18.2 Å². The maximum Gasteiger partial charge on any atom is 0.331 e. The standard InChI is InChI=1S/C15H18N2O3/c1-20-13(18)15(7-8-15)17-14(19)16-12-6-5-10-3-2-4-11(10)9-12/h5-6,9H,2-4,7-8H2,1H3,(H2,16,17,19). The van der Waals surface area contributed by atoms with Crippen molar-refractivity contribution in [3.05, 3.63) is 29.3 Å². The predicted octanol–water partition coefficient (Wildman–Crippen LogP) is 2.00. The van der Waals surface area contributed by atoms with Crippen LogP contribution in [0.4, 0.5) is 10.5 Å². The first-order chi connectivity index (χ1) is 9.63. The van der Waals surface area contributed by atoms with Crippen molar-refractivity contribution in [2.45, 2.75) is 37.6 Å². The van der Waals surface area contributed by atoms with Crippen LogP contribution in [0.2, 0.25) is 0 Å². The van der Waals surface area contributed by atoms with E-state index in [1.165, 1.54) is 24.7 Å². The predicted molar refractivity (Wildman–Crippen MR) is 74.6 cm³/mol. The molecule has 0 spiro atoms. The molecule has 0 radical (unpaired) electrons. The van der Waals surface area contributed by atoms with Gasteiger partial charge in [0.05, 0.1) is 7.11 Å². The largest absolute Gasteiger partial charge is 0.467 e. The second-order valence-electron chi connectivity index (χ2n) is 5.49. The van der Waals surface area contributed by atoms with Gasteiger partial charge >= 0.3 is 12.0 Å². The molecule has 5 nitrogen and oxygen atoms in total. The van der Waals surface area contributed by atoms with Crippen molar-refractivity contribution in [1.29, 1.82) is 0 Å². The molecule has 3 rings (SSSR count). The summed E-state index contributed by atoms with van der Waals surface area (Å²) in [6.07, 6.45) is 4.64. The summed E-state index contributed by atoms with van der Waals surface area (Å²) in [5, 5.41) is 5.50. The van der Waals surface area contributed by atoms with Crippen LogP contribution in [-0.4, -0.2) is 24.6 Å². The Morgan fingerprint density at radius 2 is 1.95 bits per heavy atom. The molecule has 0 unspecified atom stereocenters. The Labute approximate surface area is 117 Å². The van der Waals surface area contributed by atoms with Crippen molar-refractivity contribution in [3.63, 3.8) is 0 Å². The average molecular weight is 274 g/mol. The lowest BCUT2D eigenvalue weighted by molar-refractivity contribution is -0.144. The zero-order valence-electron chi connectivity index (χ0n) is 11.5. The van der Waals surface area contributed by atoms with Gasteiger partial charge in [-0.25, -0.2) is 9.59 Å². The van der Waals surface area contributed by atoms with E-state index in [0.29, 0.717) is 12.8 Å². The normalized spacial score (nSPS) is 18.1. The summed E-state index contributed by atoms with van der Waals surface area (Å²) in [5.41, 5.74) is 2.63. The van der Waals surface area contributed by atoms with Gasteiger partial charge in [-0.15, -0.1) is 0 Å². The van der Waals surface area contributed by atoms with Crippen molar-refractivity contribution in [1.82, 2.24) is 5.32 Å². The molecule has 0 atom stereocenters. The van der Waals surface area contributed by atoms with Crippen LogP contribution in [-0.2, 0) is 22.4 Å². The van der Waals surface area contributed by atoms with Crippen LogP contribution in [0, 0.1) is 0 Å². The molecule has 2 aliphatic rings. The van der Waals surface area contributed by atoms with E-state index >= 15 is 0 Å². The molecule has 106 valence electrons. The number of aryl methyl sites for hydroxylation is 2. The zero-order chi connectivity index (χ0) is 14.2. The van der Waals surface area contributed by atoms with Crippen molar-refractivity contribution in [3.8, 4) is 0 Å². The van der Waals surface area contributed by atoms with E-state index in [-0.39, 0.29) is 12.0 Å². The summed E-state index contributed by atoms with van der Waals surface area (Å²) in [4.78, 5) is 23.5. The molecule has 0 bridgehead atoms. The summed E-state index contributed by atoms with van der Waals surface area (Å²) in [5.74, 6) is -0.374. The van der Waals surface area contributed by atoms with Gasteiger partial charge in [0.25, 0.3) is 0 Å². The maximum atomic E-state index is 12.0. The smallest absolute Gasteiger partial charge is 0.331 e. The monoisotopic (exact) mass is 274 g/mol. The van der Waals surface area contributed by atoms with E-state index < -0.39 is 5.54 Å². The fourth-order valence-electron chi connectivity index (χ4n) is 2.73. The minimum atomic E-state index is -0.810. The Balaban J connectivity index is 1.63. The SMILES string of the molecule is COC(=O)C1(NC(=O)Nc2ccc3c(c2)CCC3)CC1. The Bertz CT molecular complexity index is 564. The third kappa shape index (κ3) is 2.35. The summed E-state index contributed by atoms with van der Waals surface area (Å²) in [6, 6.07) is 5.62. The van der Waals surface area contributed by atoms with Crippen molar-refractivity contribution in [2.75, 3.05) is 12.4 Å². The number of urea groups is 1. The number of esters is 1. The molecule has 2 aliphatic carbocycles. The van der Waals surface area contributed by atoms with Crippen LogP contribution in [0.25, 0.3) is 0 Å². The van der Waals surface area contributed by atoms with E-state index in [9.17, 15) is 9.59 Å². The summed E-state index contributed by atoms with van der Waals surface area (Å²) in [6.45, 7) is 0. The van der Waals surface area contributed by atoms with Crippen LogP contribution in [0.5, 0.6) is 0 Å². The lowest BCUT2D eigenvalue weighted by atomic mass is 10.1. The minimum Gasteiger partial charge on any atom is -0.467 e. The molecule has 0 aliphatic heterocycles. The molecule has 1 aromatic carbocycles. The highest BCUT2D eigenvalue weighted by Gasteiger charge is 2.52. The van der Waals surface area contributed by atoms with Gasteiger partial charge in [0.1, 0.15) is 5.54 Å². The molecule has 20 heavy (non-hydrogen) atoms. The molecule has 0 heterocycles. The first-order valence-electron chi connectivity index (χ1n) is 6.92. The number of hydrogen-bond donors (Lipinski definition) is 2. The molecule has 2 N–H and O–H groups in total. The maximum absolute atomic E-state index is 12.0. The zero-order valence-corrected chi connectivity index (χ0v) is 11.5. The van der Waals surface area contributed by atoms with Gasteiger partial charge in [0.15, 0.2) is 0 Å². The number of methoxy groups -OCH3 is 1. The topological polar surface area (TPSA) is 67.4 Å². The van der Waals surface area contributed by atoms with E-state index in [2.05, 4.69) is 16.7 Å². The van der Waals surface area contributed by atoms with Gasteiger partial charge in [0.2, 0.25) is 0 Å². The van der Waals surface area contributed by atoms with Crippen molar-refractivity contribution in [2.24, 2.45) is 0 Å². The number of hydrogen-bond acceptors (Lipinski definition) is 3. The minimum absolute atomic E-state index is 0.356. The van der Waals surface area contributed by atoms with Gasteiger partial charge < -0.3 is 15.4 Å². The number of ether oxygens (including phenoxy) is 1. The molecular formula is C15H18N2O3. The Hall–Kier alpha value is -2.04. The second kappa shape index (κ2) is 4.81. The highest BCUT2D eigenvalue weighted by Crippen LogP contribution is 2.36. The third-order valence-electron chi connectivity index (χ3n) is 4.04. The van der Waals surface area contributed by atoms with Gasteiger partial charge in [-0.3, -0.25) is 0 Å². The second-order valence-corrected chi connectivity index (χ2v) is 5.49. The van der Waals surface area contributed by atoms with E-state index in [1.807, 2.05) is 12.1 Å². The first kappa shape index (κ1) is 13.0. The molecule has 2 amide bonds. The number of fused-ring (bicyclic) bond motifs is 1. The van der Waals surface area contributed by atoms with Gasteiger partial charge in [-0.1, -0.05) is 6.07 Å². The number of carbonyl (C=O) groups excluding carboxylic acids is 2. The summed E-state index contributed by atoms with van der Waals surface area (Å²) < 4.78 is 4.71. The fraction of sp³-hybridized carbons (Fsp3) is 0.467. The number of amides is 2. The molecular weight excluding hydrogens is 256 g/mol. The van der Waals surface area contributed by atoms with Crippen LogP contribution < -0.4 is 10.6 Å². The van der Waals surface area contributed by atoms with Crippen molar-refractivity contribution >= 4 is 17.7 Å². The van der Waals surface area contributed by atoms with E-state index in [4.69, 9.17) is 4.74 Å². The average Bonchev–Trinajstić information content (AvgIpc) is 3.06. The number of anilines is 1. The third-order valence-corrected chi connectivity index (χ3v) is 4.04. The van der Waals surface area contributed by atoms with Crippen LogP contribution in [0.1, 0.15) is 30.4 Å². The van der Waals surface area contributed by atoms with E-state index in [0.717, 1.165) is 18.5 Å². The lowest BCUT2D eigenvalue weighted by Gasteiger charge is -2.15. The molecule has 1 aromatic rings.